The van der Waals surface area contributed by atoms with Crippen LogP contribution in [-0.4, -0.2) is 101 Å². The fourth-order valence-electron chi connectivity index (χ4n) is 7.71. The molecule has 8 rings (SSSR count). The van der Waals surface area contributed by atoms with E-state index in [4.69, 9.17) is 0 Å². The van der Waals surface area contributed by atoms with Gasteiger partial charge in [0, 0.05) is 99.9 Å². The highest BCUT2D eigenvalue weighted by atomic mass is 32.2. The van der Waals surface area contributed by atoms with Crippen LogP contribution in [0.4, 0.5) is 24.7 Å². The van der Waals surface area contributed by atoms with Gasteiger partial charge in [0.2, 0.25) is 36.2 Å². The third-order valence-corrected chi connectivity index (χ3v) is 16.9. The lowest BCUT2D eigenvalue weighted by atomic mass is 9.87. The van der Waals surface area contributed by atoms with Gasteiger partial charge in [-0.1, -0.05) is 57.2 Å². The molecular weight excluding hydrogens is 925 g/mol. The minimum Gasteiger partial charge on any atom is -0.344 e. The second-order valence-electron chi connectivity index (χ2n) is 17.4. The van der Waals surface area contributed by atoms with Crippen LogP contribution in [0.2, 0.25) is 0 Å². The Morgan fingerprint density at radius 2 is 1.03 bits per heavy atom. The lowest BCUT2D eigenvalue weighted by Crippen LogP contribution is -2.54. The Hall–Kier alpha value is -5.25. The number of sulfonamides is 2. The van der Waals surface area contributed by atoms with E-state index in [-0.39, 0.29) is 39.9 Å². The molecule has 20 heteroatoms. The van der Waals surface area contributed by atoms with Gasteiger partial charge in [0.15, 0.2) is 0 Å². The number of amides is 1. The van der Waals surface area contributed by atoms with E-state index in [2.05, 4.69) is 49.7 Å². The molecule has 1 amide bonds. The number of benzene rings is 4. The summed E-state index contributed by atoms with van der Waals surface area (Å²) in [6.45, 7) is 14.3. The lowest BCUT2D eigenvalue weighted by Gasteiger charge is -2.38. The Labute approximate surface area is 393 Å². The Bertz CT molecular complexity index is 2820. The number of piperazine rings is 2. The first-order valence-electron chi connectivity index (χ1n) is 21.4. The van der Waals surface area contributed by atoms with Gasteiger partial charge in [0.05, 0.1) is 9.79 Å². The van der Waals surface area contributed by atoms with Crippen molar-refractivity contribution in [3.63, 3.8) is 0 Å². The Balaban J connectivity index is 0.000000196. The van der Waals surface area contributed by atoms with Crippen LogP contribution >= 0.6 is 23.1 Å². The van der Waals surface area contributed by atoms with Crippen molar-refractivity contribution in [1.82, 2.24) is 27.3 Å². The summed E-state index contributed by atoms with van der Waals surface area (Å²) < 4.78 is 91.1. The number of carbonyl (C=O) groups is 1. The number of aromatic nitrogens is 4. The van der Waals surface area contributed by atoms with Crippen LogP contribution in [-0.2, 0) is 43.1 Å². The molecule has 0 spiro atoms. The number of hydrogen-bond donors (Lipinski definition) is 1. The second-order valence-corrected chi connectivity index (χ2v) is 22.6. The largest absolute Gasteiger partial charge is 0.344 e. The molecule has 2 aliphatic rings. The predicted octanol–water partition coefficient (Wildman–Crippen LogP) is 7.59. The third-order valence-electron chi connectivity index (χ3n) is 11.2. The van der Waals surface area contributed by atoms with Crippen LogP contribution in [0.5, 0.6) is 0 Å². The van der Waals surface area contributed by atoms with E-state index in [1.165, 1.54) is 70.7 Å². The van der Waals surface area contributed by atoms with Gasteiger partial charge in [0.25, 0.3) is 0 Å². The first-order chi connectivity index (χ1) is 31.3. The summed E-state index contributed by atoms with van der Waals surface area (Å²) in [4.78, 5) is 25.1. The van der Waals surface area contributed by atoms with Gasteiger partial charge in [-0.25, -0.2) is 35.6 Å². The van der Waals surface area contributed by atoms with E-state index in [9.17, 15) is 30.4 Å². The first kappa shape index (κ1) is 48.7. The van der Waals surface area contributed by atoms with Crippen molar-refractivity contribution < 1.29 is 30.4 Å². The van der Waals surface area contributed by atoms with Gasteiger partial charge in [-0.05, 0) is 96.6 Å². The average Bonchev–Trinajstić information content (AvgIpc) is 3.95. The van der Waals surface area contributed by atoms with Gasteiger partial charge in [-0.3, -0.25) is 4.79 Å². The van der Waals surface area contributed by atoms with Crippen LogP contribution in [0.1, 0.15) is 69.9 Å². The molecule has 2 aromatic heterocycles. The van der Waals surface area contributed by atoms with Gasteiger partial charge < -0.3 is 15.1 Å². The van der Waals surface area contributed by atoms with Crippen LogP contribution in [0.15, 0.2) is 107 Å². The fraction of sp³-hybridized carbons (Fsp3) is 0.370. The van der Waals surface area contributed by atoms with E-state index >= 15 is 0 Å². The number of halogens is 2. The molecule has 2 atom stereocenters. The number of carbonyl (C=O) groups excluding carboxylic acids is 1. The summed E-state index contributed by atoms with van der Waals surface area (Å²) in [6.07, 6.45) is 1.04. The summed E-state index contributed by atoms with van der Waals surface area (Å²) in [5.41, 5.74) is 3.49. The maximum atomic E-state index is 13.3. The fourth-order valence-corrected chi connectivity index (χ4v) is 12.4. The SMILES string of the molecule is CC(=O)Nc1ccc(S(=O)(=O)N2CCN(c3nc(Cc4ccc(F)cc4)ns3)CC2C)cc1.CC1CN(c2nc(Cc3ccc(F)cc3)ns2)CCN1S(=O)(=O)c1ccc(C(C)(C)C)cc1. The molecule has 2 saturated heterocycles. The van der Waals surface area contributed by atoms with E-state index in [0.29, 0.717) is 74.3 Å². The van der Waals surface area contributed by atoms with E-state index < -0.39 is 20.0 Å². The molecule has 6 aromatic rings. The molecule has 2 aliphatic heterocycles. The number of nitrogens with zero attached hydrogens (tertiary/aromatic N) is 8. The molecule has 2 unspecified atom stereocenters. The predicted molar refractivity (Wildman–Crippen MR) is 255 cm³/mol. The normalized spacial score (nSPS) is 17.6. The maximum absolute atomic E-state index is 13.3. The highest BCUT2D eigenvalue weighted by molar-refractivity contribution is 7.89. The summed E-state index contributed by atoms with van der Waals surface area (Å²) in [6, 6.07) is 25.5. The van der Waals surface area contributed by atoms with E-state index in [1.54, 1.807) is 52.8 Å². The summed E-state index contributed by atoms with van der Waals surface area (Å²) in [7, 11) is -7.25. The lowest BCUT2D eigenvalue weighted by molar-refractivity contribution is -0.114. The number of anilines is 3. The molecule has 66 heavy (non-hydrogen) atoms. The number of hydrogen-bond acceptors (Lipinski definition) is 13. The molecule has 4 aromatic carbocycles. The standard InChI is InChI=1S/C24H29FN4O2S2.C22H24FN5O3S2/c1-17-16-28(23-26-22(27-32-23)15-18-5-9-20(25)10-6-18)13-14-29(17)33(30,31)21-11-7-19(8-12-21)24(2,3)4;1-15-14-27(22-25-21(26-32-22)13-17-3-5-18(23)6-4-17)11-12-28(15)33(30,31)20-9-7-19(8-10-20)24-16(2)29/h5-12,17H,13-16H2,1-4H3;3-10,15H,11-14H2,1-2H3,(H,24,29). The van der Waals surface area contributed by atoms with Crippen molar-refractivity contribution in [2.75, 3.05) is 54.4 Å². The summed E-state index contributed by atoms with van der Waals surface area (Å²) in [5.74, 6) is 0.577. The molecule has 0 saturated carbocycles. The molecule has 0 aliphatic carbocycles. The second kappa shape index (κ2) is 20.3. The first-order valence-corrected chi connectivity index (χ1v) is 25.8. The van der Waals surface area contributed by atoms with Gasteiger partial charge in [-0.15, -0.1) is 0 Å². The quantitative estimate of drug-likeness (QED) is 0.136. The molecule has 14 nitrogen and oxygen atoms in total. The van der Waals surface area contributed by atoms with Crippen molar-refractivity contribution in [1.29, 1.82) is 0 Å². The van der Waals surface area contributed by atoms with Crippen molar-refractivity contribution >= 4 is 65.0 Å². The van der Waals surface area contributed by atoms with Crippen molar-refractivity contribution in [3.05, 3.63) is 137 Å². The number of nitrogens with one attached hydrogen (secondary N) is 1. The van der Waals surface area contributed by atoms with Crippen LogP contribution in [0.3, 0.4) is 0 Å². The zero-order chi connectivity index (χ0) is 47.4. The minimum atomic E-state index is -3.67. The average molecular weight is 978 g/mol. The molecule has 350 valence electrons. The topological polar surface area (TPSA) is 162 Å². The zero-order valence-electron chi connectivity index (χ0n) is 37.6. The molecule has 4 heterocycles. The minimum absolute atomic E-state index is 0.0293. The van der Waals surface area contributed by atoms with Crippen LogP contribution in [0, 0.1) is 11.6 Å². The molecule has 0 bridgehead atoms. The number of rotatable bonds is 11. The maximum Gasteiger partial charge on any atom is 0.243 e. The molecule has 1 N–H and O–H groups in total. The molecular formula is C46H53F2N9O5S4. The molecule has 2 fully saturated rings. The van der Waals surface area contributed by atoms with Crippen LogP contribution < -0.4 is 15.1 Å². The highest BCUT2D eigenvalue weighted by Crippen LogP contribution is 2.30. The van der Waals surface area contributed by atoms with E-state index in [0.717, 1.165) is 27.0 Å². The smallest absolute Gasteiger partial charge is 0.243 e. The molecule has 0 radical (unpaired) electrons. The highest BCUT2D eigenvalue weighted by Gasteiger charge is 2.36. The van der Waals surface area contributed by atoms with Gasteiger partial charge in [0.1, 0.15) is 23.3 Å². The summed E-state index contributed by atoms with van der Waals surface area (Å²) in [5, 5.41) is 4.16. The van der Waals surface area contributed by atoms with Gasteiger partial charge in [-0.2, -0.15) is 17.4 Å². The Kier molecular flexibility index (Phi) is 15.0. The Morgan fingerprint density at radius 1 is 0.636 bits per heavy atom. The van der Waals surface area contributed by atoms with Gasteiger partial charge >= 0.3 is 0 Å². The zero-order valence-corrected chi connectivity index (χ0v) is 40.8. The Morgan fingerprint density at radius 3 is 1.39 bits per heavy atom. The monoisotopic (exact) mass is 977 g/mol. The van der Waals surface area contributed by atoms with Crippen molar-refractivity contribution in [3.8, 4) is 0 Å². The third kappa shape index (κ3) is 11.8. The van der Waals surface area contributed by atoms with Crippen molar-refractivity contribution in [2.24, 2.45) is 0 Å². The van der Waals surface area contributed by atoms with E-state index in [1.807, 2.05) is 30.9 Å². The van der Waals surface area contributed by atoms with Crippen LogP contribution in [0.25, 0.3) is 0 Å². The summed E-state index contributed by atoms with van der Waals surface area (Å²) >= 11 is 2.59. The van der Waals surface area contributed by atoms with Crippen molar-refractivity contribution in [2.45, 2.75) is 81.7 Å².